The molecule has 0 saturated heterocycles. The van der Waals surface area contributed by atoms with Crippen molar-refractivity contribution in [3.63, 3.8) is 0 Å². The van der Waals surface area contributed by atoms with E-state index in [2.05, 4.69) is 26.1 Å². The molecule has 0 aliphatic rings. The first kappa shape index (κ1) is 18.0. The van der Waals surface area contributed by atoms with Crippen molar-refractivity contribution in [1.82, 2.24) is 5.32 Å². The molecule has 18 heavy (non-hydrogen) atoms. The zero-order valence-corrected chi connectivity index (χ0v) is 13.3. The molecule has 0 saturated carbocycles. The van der Waals surface area contributed by atoms with Gasteiger partial charge in [0.1, 0.15) is 0 Å². The molecule has 0 fully saturated rings. The van der Waals surface area contributed by atoms with Gasteiger partial charge in [-0.1, -0.05) is 72.1 Å². The van der Waals surface area contributed by atoms with Gasteiger partial charge in [0.15, 0.2) is 0 Å². The van der Waals surface area contributed by atoms with Crippen LogP contribution in [0.15, 0.2) is 0 Å². The van der Waals surface area contributed by atoms with E-state index in [0.29, 0.717) is 0 Å². The smallest absolute Gasteiger partial charge is 0.00205 e. The first-order valence-electron chi connectivity index (χ1n) is 8.55. The summed E-state index contributed by atoms with van der Waals surface area (Å²) in [6.45, 7) is 9.37. The van der Waals surface area contributed by atoms with Gasteiger partial charge in [-0.2, -0.15) is 0 Å². The highest BCUT2D eigenvalue weighted by Gasteiger charge is 2.07. The molecular formula is C17H37N. The molecule has 1 atom stereocenters. The monoisotopic (exact) mass is 255 g/mol. The van der Waals surface area contributed by atoms with Crippen LogP contribution in [0.5, 0.6) is 0 Å². The molecule has 0 rings (SSSR count). The number of hydrogen-bond acceptors (Lipinski definition) is 1. The Labute approximate surface area is 116 Å². The fourth-order valence-corrected chi connectivity index (χ4v) is 2.51. The summed E-state index contributed by atoms with van der Waals surface area (Å²) in [6.07, 6.45) is 15.4. The lowest BCUT2D eigenvalue weighted by Crippen LogP contribution is -2.24. The number of unbranched alkanes of at least 4 members (excludes halogenated alkanes) is 6. The molecular weight excluding hydrogens is 218 g/mol. The molecule has 1 heteroatoms. The maximum atomic E-state index is 3.67. The molecule has 0 aromatic heterocycles. The Kier molecular flexibility index (Phi) is 15.0. The standard InChI is InChI=1S/C17H37N/c1-4-7-10-11-14-17(13-9-6-3)16-18-15-12-8-5-2/h17-18H,4-16H2,1-3H3. The Morgan fingerprint density at radius 3 is 1.94 bits per heavy atom. The second-order valence-electron chi connectivity index (χ2n) is 5.77. The molecule has 0 radical (unpaired) electrons. The van der Waals surface area contributed by atoms with Gasteiger partial charge < -0.3 is 5.32 Å². The number of nitrogens with one attached hydrogen (secondary N) is 1. The van der Waals surface area contributed by atoms with Crippen LogP contribution in [-0.4, -0.2) is 13.1 Å². The Bertz CT molecular complexity index is 145. The summed E-state index contributed by atoms with van der Waals surface area (Å²) in [5, 5.41) is 3.67. The van der Waals surface area contributed by atoms with E-state index in [1.54, 1.807) is 0 Å². The zero-order valence-electron chi connectivity index (χ0n) is 13.3. The van der Waals surface area contributed by atoms with Crippen molar-refractivity contribution >= 4 is 0 Å². The summed E-state index contributed by atoms with van der Waals surface area (Å²) in [5.41, 5.74) is 0. The minimum absolute atomic E-state index is 0.934. The molecule has 0 aromatic rings. The Morgan fingerprint density at radius 1 is 0.667 bits per heavy atom. The van der Waals surface area contributed by atoms with Crippen LogP contribution in [0.2, 0.25) is 0 Å². The second-order valence-corrected chi connectivity index (χ2v) is 5.77. The largest absolute Gasteiger partial charge is 0.316 e. The summed E-state index contributed by atoms with van der Waals surface area (Å²) in [7, 11) is 0. The van der Waals surface area contributed by atoms with E-state index in [-0.39, 0.29) is 0 Å². The highest BCUT2D eigenvalue weighted by atomic mass is 14.8. The zero-order chi connectivity index (χ0) is 13.5. The molecule has 0 aromatic carbocycles. The van der Waals surface area contributed by atoms with E-state index >= 15 is 0 Å². The summed E-state index contributed by atoms with van der Waals surface area (Å²) in [6, 6.07) is 0. The van der Waals surface area contributed by atoms with Gasteiger partial charge >= 0.3 is 0 Å². The van der Waals surface area contributed by atoms with Crippen LogP contribution < -0.4 is 5.32 Å². The van der Waals surface area contributed by atoms with E-state index in [1.165, 1.54) is 83.7 Å². The Hall–Kier alpha value is -0.0400. The van der Waals surface area contributed by atoms with E-state index in [1.807, 2.05) is 0 Å². The lowest BCUT2D eigenvalue weighted by Gasteiger charge is -2.17. The Balaban J connectivity index is 3.56. The lowest BCUT2D eigenvalue weighted by molar-refractivity contribution is 0.387. The SMILES string of the molecule is CCCCCCC(CCCC)CNCCCCC. The Morgan fingerprint density at radius 2 is 1.28 bits per heavy atom. The van der Waals surface area contributed by atoms with Crippen molar-refractivity contribution in [3.8, 4) is 0 Å². The number of hydrogen-bond donors (Lipinski definition) is 1. The molecule has 0 aliphatic heterocycles. The molecule has 0 bridgehead atoms. The number of rotatable bonds is 14. The van der Waals surface area contributed by atoms with Crippen LogP contribution in [0.1, 0.15) is 91.4 Å². The molecule has 1 unspecified atom stereocenters. The highest BCUT2D eigenvalue weighted by Crippen LogP contribution is 2.16. The van der Waals surface area contributed by atoms with E-state index in [0.717, 1.165) is 5.92 Å². The topological polar surface area (TPSA) is 12.0 Å². The second kappa shape index (κ2) is 15.0. The fraction of sp³-hybridized carbons (Fsp3) is 1.00. The van der Waals surface area contributed by atoms with Gasteiger partial charge in [0.2, 0.25) is 0 Å². The van der Waals surface area contributed by atoms with Crippen LogP contribution >= 0.6 is 0 Å². The molecule has 110 valence electrons. The van der Waals surface area contributed by atoms with Crippen molar-refractivity contribution in [2.24, 2.45) is 5.92 Å². The van der Waals surface area contributed by atoms with Crippen LogP contribution in [-0.2, 0) is 0 Å². The third kappa shape index (κ3) is 12.4. The van der Waals surface area contributed by atoms with Crippen molar-refractivity contribution < 1.29 is 0 Å². The quantitative estimate of drug-likeness (QED) is 0.402. The third-order valence-electron chi connectivity index (χ3n) is 3.82. The molecule has 0 heterocycles. The molecule has 0 spiro atoms. The van der Waals surface area contributed by atoms with Crippen molar-refractivity contribution in [2.45, 2.75) is 91.4 Å². The van der Waals surface area contributed by atoms with Crippen molar-refractivity contribution in [3.05, 3.63) is 0 Å². The summed E-state index contributed by atoms with van der Waals surface area (Å²) in [4.78, 5) is 0. The minimum atomic E-state index is 0.934. The normalized spacial score (nSPS) is 12.8. The van der Waals surface area contributed by atoms with Gasteiger partial charge in [-0.05, 0) is 38.3 Å². The third-order valence-corrected chi connectivity index (χ3v) is 3.82. The van der Waals surface area contributed by atoms with E-state index < -0.39 is 0 Å². The minimum Gasteiger partial charge on any atom is -0.316 e. The first-order valence-corrected chi connectivity index (χ1v) is 8.55. The highest BCUT2D eigenvalue weighted by molar-refractivity contribution is 4.63. The van der Waals surface area contributed by atoms with Crippen LogP contribution in [0.3, 0.4) is 0 Å². The van der Waals surface area contributed by atoms with E-state index in [9.17, 15) is 0 Å². The van der Waals surface area contributed by atoms with Gasteiger partial charge in [-0.15, -0.1) is 0 Å². The lowest BCUT2D eigenvalue weighted by atomic mass is 9.95. The van der Waals surface area contributed by atoms with Crippen molar-refractivity contribution in [2.75, 3.05) is 13.1 Å². The average Bonchev–Trinajstić information content (AvgIpc) is 2.39. The molecule has 1 N–H and O–H groups in total. The van der Waals surface area contributed by atoms with Gasteiger partial charge in [0.25, 0.3) is 0 Å². The van der Waals surface area contributed by atoms with Gasteiger partial charge in [-0.3, -0.25) is 0 Å². The van der Waals surface area contributed by atoms with Gasteiger partial charge in [0, 0.05) is 0 Å². The first-order chi connectivity index (χ1) is 8.85. The molecule has 1 nitrogen and oxygen atoms in total. The summed E-state index contributed by atoms with van der Waals surface area (Å²) in [5.74, 6) is 0.934. The maximum absolute atomic E-state index is 3.67. The summed E-state index contributed by atoms with van der Waals surface area (Å²) >= 11 is 0. The predicted octanol–water partition coefficient (Wildman–Crippen LogP) is 5.54. The molecule has 0 amide bonds. The van der Waals surface area contributed by atoms with E-state index in [4.69, 9.17) is 0 Å². The van der Waals surface area contributed by atoms with Gasteiger partial charge in [0.05, 0.1) is 0 Å². The van der Waals surface area contributed by atoms with Crippen LogP contribution in [0.4, 0.5) is 0 Å². The van der Waals surface area contributed by atoms with Crippen molar-refractivity contribution in [1.29, 1.82) is 0 Å². The van der Waals surface area contributed by atoms with Gasteiger partial charge in [-0.25, -0.2) is 0 Å². The average molecular weight is 255 g/mol. The predicted molar refractivity (Wildman–Crippen MR) is 84.2 cm³/mol. The maximum Gasteiger partial charge on any atom is -0.00205 e. The van der Waals surface area contributed by atoms with Crippen LogP contribution in [0, 0.1) is 5.92 Å². The fourth-order valence-electron chi connectivity index (χ4n) is 2.51. The van der Waals surface area contributed by atoms with Crippen LogP contribution in [0.25, 0.3) is 0 Å². The molecule has 0 aliphatic carbocycles. The summed E-state index contributed by atoms with van der Waals surface area (Å²) < 4.78 is 0.